The third-order valence-electron chi connectivity index (χ3n) is 4.34. The smallest absolute Gasteiger partial charge is 0.157 e. The Balaban J connectivity index is 1.68. The number of rotatable bonds is 5. The number of hydrogen-bond donors (Lipinski definition) is 0. The molecule has 2 aliphatic rings. The normalized spacial score (nSPS) is 31.7. The highest BCUT2D eigenvalue weighted by Crippen LogP contribution is 2.24. The summed E-state index contributed by atoms with van der Waals surface area (Å²) in [6.07, 6.45) is 7.70. The molecule has 0 N–H and O–H groups in total. The summed E-state index contributed by atoms with van der Waals surface area (Å²) >= 11 is 0. The summed E-state index contributed by atoms with van der Waals surface area (Å²) in [5.41, 5.74) is 0. The van der Waals surface area contributed by atoms with Gasteiger partial charge in [0, 0.05) is 0 Å². The van der Waals surface area contributed by atoms with Gasteiger partial charge in [-0.15, -0.1) is 0 Å². The summed E-state index contributed by atoms with van der Waals surface area (Å²) in [6.45, 7) is 8.67. The second-order valence-corrected chi connectivity index (χ2v) is 5.81. The van der Waals surface area contributed by atoms with Crippen LogP contribution in [0, 0.1) is 5.92 Å². The van der Waals surface area contributed by atoms with E-state index < -0.39 is 0 Å². The van der Waals surface area contributed by atoms with Crippen molar-refractivity contribution in [1.29, 1.82) is 0 Å². The SMILES string of the molecule is CCCC1CCN(C2COC(CCC)OC2)CC1. The third kappa shape index (κ3) is 3.94. The highest BCUT2D eigenvalue weighted by molar-refractivity contribution is 4.80. The van der Waals surface area contributed by atoms with Gasteiger partial charge in [-0.25, -0.2) is 0 Å². The topological polar surface area (TPSA) is 21.7 Å². The first-order valence-electron chi connectivity index (χ1n) is 7.80. The van der Waals surface area contributed by atoms with Crippen LogP contribution in [-0.2, 0) is 9.47 Å². The van der Waals surface area contributed by atoms with Crippen LogP contribution in [0.4, 0.5) is 0 Å². The van der Waals surface area contributed by atoms with Gasteiger partial charge in [-0.3, -0.25) is 4.90 Å². The van der Waals surface area contributed by atoms with Crippen LogP contribution in [0.2, 0.25) is 0 Å². The molecule has 0 atom stereocenters. The van der Waals surface area contributed by atoms with E-state index in [-0.39, 0.29) is 6.29 Å². The van der Waals surface area contributed by atoms with Crippen molar-refractivity contribution in [3.63, 3.8) is 0 Å². The molecule has 2 fully saturated rings. The lowest BCUT2D eigenvalue weighted by atomic mass is 9.92. The molecule has 0 radical (unpaired) electrons. The van der Waals surface area contributed by atoms with Crippen molar-refractivity contribution in [3.05, 3.63) is 0 Å². The molecule has 0 spiro atoms. The van der Waals surface area contributed by atoms with Gasteiger partial charge in [-0.2, -0.15) is 0 Å². The molecule has 0 aromatic heterocycles. The van der Waals surface area contributed by atoms with E-state index in [1.165, 1.54) is 38.8 Å². The van der Waals surface area contributed by atoms with Crippen LogP contribution in [0.3, 0.4) is 0 Å². The van der Waals surface area contributed by atoms with E-state index in [1.54, 1.807) is 0 Å². The molecule has 0 aromatic carbocycles. The van der Waals surface area contributed by atoms with Crippen LogP contribution in [0.5, 0.6) is 0 Å². The van der Waals surface area contributed by atoms with Crippen LogP contribution in [0.15, 0.2) is 0 Å². The lowest BCUT2D eigenvalue weighted by molar-refractivity contribution is -0.208. The predicted molar refractivity (Wildman–Crippen MR) is 73.6 cm³/mol. The number of likely N-dealkylation sites (tertiary alicyclic amines) is 1. The van der Waals surface area contributed by atoms with Gasteiger partial charge < -0.3 is 9.47 Å². The number of ether oxygens (including phenoxy) is 2. The highest BCUT2D eigenvalue weighted by atomic mass is 16.7. The van der Waals surface area contributed by atoms with Gasteiger partial charge in [0.1, 0.15) is 0 Å². The molecule has 3 heteroatoms. The van der Waals surface area contributed by atoms with Gasteiger partial charge in [0.2, 0.25) is 0 Å². The first kappa shape index (κ1) is 14.3. The summed E-state index contributed by atoms with van der Waals surface area (Å²) in [7, 11) is 0. The quantitative estimate of drug-likeness (QED) is 0.753. The molecule has 0 aliphatic carbocycles. The zero-order chi connectivity index (χ0) is 12.8. The highest BCUT2D eigenvalue weighted by Gasteiger charge is 2.29. The van der Waals surface area contributed by atoms with Crippen LogP contribution in [-0.4, -0.2) is 43.5 Å². The van der Waals surface area contributed by atoms with E-state index in [0.717, 1.165) is 32.0 Å². The molecule has 3 nitrogen and oxygen atoms in total. The minimum Gasteiger partial charge on any atom is -0.351 e. The minimum absolute atomic E-state index is 0.0591. The molecule has 0 aromatic rings. The van der Waals surface area contributed by atoms with Gasteiger partial charge in [0.15, 0.2) is 6.29 Å². The maximum atomic E-state index is 5.79. The minimum atomic E-state index is 0.0591. The Labute approximate surface area is 112 Å². The van der Waals surface area contributed by atoms with Crippen molar-refractivity contribution in [1.82, 2.24) is 4.90 Å². The van der Waals surface area contributed by atoms with Crippen molar-refractivity contribution in [2.45, 2.75) is 64.7 Å². The molecule has 0 unspecified atom stereocenters. The molecule has 18 heavy (non-hydrogen) atoms. The molecule has 0 saturated carbocycles. The fourth-order valence-corrected chi connectivity index (χ4v) is 3.16. The fourth-order valence-electron chi connectivity index (χ4n) is 3.16. The molecular formula is C15H29NO2. The Kier molecular flexibility index (Phi) is 5.93. The molecule has 2 rings (SSSR count). The molecule has 2 aliphatic heterocycles. The third-order valence-corrected chi connectivity index (χ3v) is 4.34. The second-order valence-electron chi connectivity index (χ2n) is 5.81. The molecule has 0 bridgehead atoms. The number of piperidine rings is 1. The standard InChI is InChI=1S/C15H29NO2/c1-3-5-13-7-9-16(10-8-13)14-11-17-15(6-4-2)18-12-14/h13-15H,3-12H2,1-2H3. The van der Waals surface area contributed by atoms with E-state index in [4.69, 9.17) is 9.47 Å². The lowest BCUT2D eigenvalue weighted by Crippen LogP contribution is -2.50. The maximum absolute atomic E-state index is 5.79. The van der Waals surface area contributed by atoms with Crippen LogP contribution in [0.1, 0.15) is 52.4 Å². The molecule has 0 amide bonds. The maximum Gasteiger partial charge on any atom is 0.157 e. The largest absolute Gasteiger partial charge is 0.351 e. The summed E-state index contributed by atoms with van der Waals surface area (Å²) in [5, 5.41) is 0. The summed E-state index contributed by atoms with van der Waals surface area (Å²) < 4.78 is 11.6. The number of hydrogen-bond acceptors (Lipinski definition) is 3. The summed E-state index contributed by atoms with van der Waals surface area (Å²) in [5.74, 6) is 0.963. The summed E-state index contributed by atoms with van der Waals surface area (Å²) in [6, 6.07) is 0.501. The van der Waals surface area contributed by atoms with E-state index in [1.807, 2.05) is 0 Å². The fraction of sp³-hybridized carbons (Fsp3) is 1.00. The lowest BCUT2D eigenvalue weighted by Gasteiger charge is -2.40. The number of nitrogens with zero attached hydrogens (tertiary/aromatic N) is 1. The first-order chi connectivity index (χ1) is 8.83. The Morgan fingerprint density at radius 2 is 1.56 bits per heavy atom. The van der Waals surface area contributed by atoms with E-state index >= 15 is 0 Å². The molecular weight excluding hydrogens is 226 g/mol. The monoisotopic (exact) mass is 255 g/mol. The average Bonchev–Trinajstić information content (AvgIpc) is 2.41. The first-order valence-corrected chi connectivity index (χ1v) is 7.80. The van der Waals surface area contributed by atoms with Crippen molar-refractivity contribution in [2.75, 3.05) is 26.3 Å². The molecule has 2 heterocycles. The van der Waals surface area contributed by atoms with Crippen molar-refractivity contribution >= 4 is 0 Å². The molecule has 2 saturated heterocycles. The predicted octanol–water partition coefficient (Wildman–Crippen LogP) is 3.04. The van der Waals surface area contributed by atoms with Gasteiger partial charge in [0.05, 0.1) is 19.3 Å². The van der Waals surface area contributed by atoms with Gasteiger partial charge in [-0.1, -0.05) is 33.1 Å². The van der Waals surface area contributed by atoms with E-state index in [0.29, 0.717) is 6.04 Å². The van der Waals surface area contributed by atoms with E-state index in [2.05, 4.69) is 18.7 Å². The van der Waals surface area contributed by atoms with Crippen molar-refractivity contribution in [3.8, 4) is 0 Å². The molecule has 106 valence electrons. The van der Waals surface area contributed by atoms with Gasteiger partial charge >= 0.3 is 0 Å². The van der Waals surface area contributed by atoms with Gasteiger partial charge in [0.25, 0.3) is 0 Å². The Bertz CT molecular complexity index is 195. The van der Waals surface area contributed by atoms with Gasteiger partial charge in [-0.05, 0) is 38.3 Å². The zero-order valence-corrected chi connectivity index (χ0v) is 12.1. The van der Waals surface area contributed by atoms with Crippen LogP contribution >= 0.6 is 0 Å². The van der Waals surface area contributed by atoms with E-state index in [9.17, 15) is 0 Å². The zero-order valence-electron chi connectivity index (χ0n) is 12.1. The van der Waals surface area contributed by atoms with Crippen LogP contribution < -0.4 is 0 Å². The Morgan fingerprint density at radius 1 is 0.944 bits per heavy atom. The second kappa shape index (κ2) is 7.46. The van der Waals surface area contributed by atoms with Crippen molar-refractivity contribution < 1.29 is 9.47 Å². The Morgan fingerprint density at radius 3 is 2.11 bits per heavy atom. The average molecular weight is 255 g/mol. The van der Waals surface area contributed by atoms with Crippen molar-refractivity contribution in [2.24, 2.45) is 5.92 Å². The van der Waals surface area contributed by atoms with Crippen LogP contribution in [0.25, 0.3) is 0 Å². The summed E-state index contributed by atoms with van der Waals surface area (Å²) in [4.78, 5) is 2.58. The Hall–Kier alpha value is -0.120.